The van der Waals surface area contributed by atoms with Gasteiger partial charge in [0.2, 0.25) is 0 Å². The van der Waals surface area contributed by atoms with Crippen molar-refractivity contribution in [2.24, 2.45) is 0 Å². The first kappa shape index (κ1) is 15.0. The molecule has 4 nitrogen and oxygen atoms in total. The predicted octanol–water partition coefficient (Wildman–Crippen LogP) is 3.16. The summed E-state index contributed by atoms with van der Waals surface area (Å²) >= 11 is 5.23. The number of hydrogen-bond acceptors (Lipinski definition) is 3. The fraction of sp³-hybridized carbons (Fsp3) is 0.600. The molecule has 2 rings (SSSR count). The van der Waals surface area contributed by atoms with Crippen LogP contribution < -0.4 is 15.5 Å². The summed E-state index contributed by atoms with van der Waals surface area (Å²) in [6, 6.07) is 5.02. The molecule has 1 aromatic heterocycles. The minimum absolute atomic E-state index is 0.330. The Hall–Kier alpha value is -1.36. The van der Waals surface area contributed by atoms with Crippen LogP contribution in [0, 0.1) is 0 Å². The van der Waals surface area contributed by atoms with E-state index >= 15 is 0 Å². The zero-order valence-electron chi connectivity index (χ0n) is 12.5. The van der Waals surface area contributed by atoms with E-state index in [-0.39, 0.29) is 0 Å². The normalized spacial score (nSPS) is 19.0. The highest BCUT2D eigenvalue weighted by molar-refractivity contribution is 7.80. The maximum Gasteiger partial charge on any atom is 0.171 e. The van der Waals surface area contributed by atoms with Gasteiger partial charge < -0.3 is 15.5 Å². The molecule has 0 unspecified atom stereocenters. The molecule has 0 radical (unpaired) electrons. The Kier molecular flexibility index (Phi) is 5.17. The third-order valence-electron chi connectivity index (χ3n) is 3.52. The van der Waals surface area contributed by atoms with Gasteiger partial charge >= 0.3 is 0 Å². The molecule has 20 heavy (non-hydrogen) atoms. The van der Waals surface area contributed by atoms with Gasteiger partial charge in [0, 0.05) is 18.6 Å². The first-order valence-corrected chi connectivity index (χ1v) is 7.77. The van der Waals surface area contributed by atoms with Crippen LogP contribution in [-0.4, -0.2) is 28.7 Å². The van der Waals surface area contributed by atoms with Crippen LogP contribution in [-0.2, 0) is 0 Å². The smallest absolute Gasteiger partial charge is 0.171 e. The molecular formula is C15H24N4S. The van der Waals surface area contributed by atoms with Crippen LogP contribution >= 0.6 is 12.2 Å². The highest BCUT2D eigenvalue weighted by atomic mass is 32.1. The molecule has 1 aliphatic heterocycles. The van der Waals surface area contributed by atoms with E-state index in [0.29, 0.717) is 17.2 Å². The summed E-state index contributed by atoms with van der Waals surface area (Å²) in [7, 11) is 0. The van der Waals surface area contributed by atoms with Gasteiger partial charge in [-0.15, -0.1) is 0 Å². The van der Waals surface area contributed by atoms with Crippen LogP contribution in [0.1, 0.15) is 40.0 Å². The lowest BCUT2D eigenvalue weighted by Crippen LogP contribution is -2.38. The third-order valence-corrected chi connectivity index (χ3v) is 3.74. The first-order valence-electron chi connectivity index (χ1n) is 7.36. The standard InChI is InChI=1S/C15H24N4S/c1-11(2)17-15(20)18-13-7-8-14(16-10-13)19-9-5-4-6-12(19)3/h7-8,10-12H,4-6,9H2,1-3H3,(H2,17,18,20)/t12-/m1/s1. The molecule has 0 bridgehead atoms. The number of rotatable bonds is 3. The molecule has 1 atom stereocenters. The fourth-order valence-electron chi connectivity index (χ4n) is 2.50. The molecule has 1 aliphatic rings. The van der Waals surface area contributed by atoms with Crippen molar-refractivity contribution in [1.82, 2.24) is 10.3 Å². The number of nitrogens with one attached hydrogen (secondary N) is 2. The maximum absolute atomic E-state index is 5.23. The van der Waals surface area contributed by atoms with Gasteiger partial charge in [0.05, 0.1) is 11.9 Å². The number of anilines is 2. The topological polar surface area (TPSA) is 40.2 Å². The molecule has 0 spiro atoms. The van der Waals surface area contributed by atoms with Crippen molar-refractivity contribution in [3.8, 4) is 0 Å². The molecule has 0 saturated carbocycles. The molecule has 2 N–H and O–H groups in total. The number of nitrogens with zero attached hydrogens (tertiary/aromatic N) is 2. The van der Waals surface area contributed by atoms with E-state index < -0.39 is 0 Å². The maximum atomic E-state index is 5.23. The van der Waals surface area contributed by atoms with Crippen LogP contribution in [0.25, 0.3) is 0 Å². The molecule has 110 valence electrons. The van der Waals surface area contributed by atoms with Crippen LogP contribution in [0.5, 0.6) is 0 Å². The van der Waals surface area contributed by atoms with E-state index in [4.69, 9.17) is 12.2 Å². The van der Waals surface area contributed by atoms with Crippen molar-refractivity contribution >= 4 is 28.8 Å². The lowest BCUT2D eigenvalue weighted by Gasteiger charge is -2.34. The minimum atomic E-state index is 0.330. The Bertz CT molecular complexity index is 444. The van der Waals surface area contributed by atoms with Gasteiger partial charge in [0.25, 0.3) is 0 Å². The summed E-state index contributed by atoms with van der Waals surface area (Å²) in [5, 5.41) is 6.95. The molecule has 1 fully saturated rings. The molecule has 0 amide bonds. The van der Waals surface area contributed by atoms with E-state index in [2.05, 4.69) is 47.4 Å². The van der Waals surface area contributed by atoms with E-state index in [1.165, 1.54) is 19.3 Å². The van der Waals surface area contributed by atoms with Crippen LogP contribution in [0.3, 0.4) is 0 Å². The molecule has 1 aromatic rings. The second-order valence-corrected chi connectivity index (χ2v) is 6.10. The van der Waals surface area contributed by atoms with Crippen molar-refractivity contribution < 1.29 is 0 Å². The lowest BCUT2D eigenvalue weighted by molar-refractivity contribution is 0.481. The van der Waals surface area contributed by atoms with Crippen LogP contribution in [0.4, 0.5) is 11.5 Å². The van der Waals surface area contributed by atoms with Gasteiger partial charge in [-0.05, 0) is 64.4 Å². The predicted molar refractivity (Wildman–Crippen MR) is 89.4 cm³/mol. The summed E-state index contributed by atoms with van der Waals surface area (Å²) in [6.07, 6.45) is 5.69. The first-order chi connectivity index (χ1) is 9.56. The van der Waals surface area contributed by atoms with Gasteiger partial charge in [-0.2, -0.15) is 0 Å². The Morgan fingerprint density at radius 2 is 2.20 bits per heavy atom. The van der Waals surface area contributed by atoms with Gasteiger partial charge in [0.1, 0.15) is 5.82 Å². The highest BCUT2D eigenvalue weighted by Gasteiger charge is 2.19. The zero-order valence-corrected chi connectivity index (χ0v) is 13.3. The average molecular weight is 292 g/mol. The second-order valence-electron chi connectivity index (χ2n) is 5.70. The molecule has 2 heterocycles. The summed E-state index contributed by atoms with van der Waals surface area (Å²) in [5.41, 5.74) is 0.927. The number of aromatic nitrogens is 1. The fourth-order valence-corrected chi connectivity index (χ4v) is 2.85. The summed E-state index contributed by atoms with van der Waals surface area (Å²) < 4.78 is 0. The second kappa shape index (κ2) is 6.88. The zero-order chi connectivity index (χ0) is 14.5. The summed E-state index contributed by atoms with van der Waals surface area (Å²) in [5.74, 6) is 1.06. The Morgan fingerprint density at radius 1 is 1.40 bits per heavy atom. The monoisotopic (exact) mass is 292 g/mol. The van der Waals surface area contributed by atoms with Crippen molar-refractivity contribution in [1.29, 1.82) is 0 Å². The summed E-state index contributed by atoms with van der Waals surface area (Å²) in [4.78, 5) is 6.95. The summed E-state index contributed by atoms with van der Waals surface area (Å²) in [6.45, 7) is 7.50. The van der Waals surface area contributed by atoms with Crippen molar-refractivity contribution in [2.45, 2.75) is 52.1 Å². The van der Waals surface area contributed by atoms with Crippen molar-refractivity contribution in [3.05, 3.63) is 18.3 Å². The molecule has 0 aromatic carbocycles. The molecule has 5 heteroatoms. The van der Waals surface area contributed by atoms with E-state index in [1.54, 1.807) is 0 Å². The van der Waals surface area contributed by atoms with E-state index in [9.17, 15) is 0 Å². The molecular weight excluding hydrogens is 268 g/mol. The Morgan fingerprint density at radius 3 is 2.80 bits per heavy atom. The number of thiocarbonyl (C=S) groups is 1. The van der Waals surface area contributed by atoms with E-state index in [0.717, 1.165) is 18.1 Å². The highest BCUT2D eigenvalue weighted by Crippen LogP contribution is 2.23. The lowest BCUT2D eigenvalue weighted by atomic mass is 10.0. The SMILES string of the molecule is CC(C)NC(=S)Nc1ccc(N2CCCC[C@H]2C)nc1. The largest absolute Gasteiger partial charge is 0.360 e. The van der Waals surface area contributed by atoms with Crippen LogP contribution in [0.2, 0.25) is 0 Å². The number of hydrogen-bond donors (Lipinski definition) is 2. The van der Waals surface area contributed by atoms with Crippen molar-refractivity contribution in [3.63, 3.8) is 0 Å². The minimum Gasteiger partial charge on any atom is -0.360 e. The van der Waals surface area contributed by atoms with E-state index in [1.807, 2.05) is 12.3 Å². The van der Waals surface area contributed by atoms with Gasteiger partial charge in [-0.3, -0.25) is 0 Å². The van der Waals surface area contributed by atoms with Gasteiger partial charge in [0.15, 0.2) is 5.11 Å². The molecule has 0 aliphatic carbocycles. The van der Waals surface area contributed by atoms with Crippen LogP contribution in [0.15, 0.2) is 18.3 Å². The number of pyridine rings is 1. The average Bonchev–Trinajstić information content (AvgIpc) is 2.39. The van der Waals surface area contributed by atoms with Crippen molar-refractivity contribution in [2.75, 3.05) is 16.8 Å². The van der Waals surface area contributed by atoms with Gasteiger partial charge in [-0.1, -0.05) is 0 Å². The quantitative estimate of drug-likeness (QED) is 0.838. The Labute approximate surface area is 127 Å². The van der Waals surface area contributed by atoms with Gasteiger partial charge in [-0.25, -0.2) is 4.98 Å². The number of piperidine rings is 1. The Balaban J connectivity index is 1.97. The third kappa shape index (κ3) is 4.07. The molecule has 1 saturated heterocycles.